The predicted octanol–water partition coefficient (Wildman–Crippen LogP) is 1.31. The Balaban J connectivity index is 1.65. The molecule has 2 aliphatic heterocycles. The molecule has 0 radical (unpaired) electrons. The minimum Gasteiger partial charge on any atom is -0.465 e. The average Bonchev–Trinajstić information content (AvgIpc) is 3.73. The fourth-order valence-corrected chi connectivity index (χ4v) is 6.97. The normalized spacial score (nSPS) is 30.4. The largest absolute Gasteiger partial charge is 0.465 e. The van der Waals surface area contributed by atoms with E-state index in [1.807, 2.05) is 6.08 Å². The SMILES string of the molecule is CC(C)(C)N(C(=O)O)[C@H]1CCCCCC=C[C@@H]2C[C@@]2(C(=O)NS(=O)(=O)C2CC2)NC(=O)[C@@H]2CC(=O)CN2C1=O. The maximum Gasteiger partial charge on any atom is 0.408 e. The first-order valence-electron chi connectivity index (χ1n) is 13.6. The van der Waals surface area contributed by atoms with Crippen LogP contribution in [-0.2, 0) is 29.2 Å². The lowest BCUT2D eigenvalue weighted by Crippen LogP contribution is -2.60. The van der Waals surface area contributed by atoms with Gasteiger partial charge < -0.3 is 15.3 Å². The molecule has 2 saturated carbocycles. The number of carboxylic acid groups (broad SMARTS) is 1. The summed E-state index contributed by atoms with van der Waals surface area (Å²) < 4.78 is 27.1. The summed E-state index contributed by atoms with van der Waals surface area (Å²) in [4.78, 5) is 67.6. The van der Waals surface area contributed by atoms with E-state index in [-0.39, 0.29) is 31.6 Å². The molecule has 3 N–H and O–H groups in total. The van der Waals surface area contributed by atoms with Gasteiger partial charge in [-0.15, -0.1) is 0 Å². The highest BCUT2D eigenvalue weighted by Crippen LogP contribution is 2.46. The summed E-state index contributed by atoms with van der Waals surface area (Å²) in [5.41, 5.74) is -2.43. The molecule has 0 aromatic rings. The van der Waals surface area contributed by atoms with Crippen LogP contribution >= 0.6 is 0 Å². The fraction of sp³-hybridized carbons (Fsp3) is 0.731. The van der Waals surface area contributed by atoms with Crippen molar-refractivity contribution < 1.29 is 37.5 Å². The molecule has 4 atom stereocenters. The van der Waals surface area contributed by atoms with E-state index in [4.69, 9.17) is 0 Å². The summed E-state index contributed by atoms with van der Waals surface area (Å²) in [5, 5.41) is 12.1. The topological polar surface area (TPSA) is 170 Å². The Hall–Kier alpha value is -2.96. The summed E-state index contributed by atoms with van der Waals surface area (Å²) in [5.74, 6) is -2.99. The minimum atomic E-state index is -3.86. The molecule has 4 rings (SSSR count). The predicted molar refractivity (Wildman–Crippen MR) is 140 cm³/mol. The Bertz CT molecular complexity index is 1190. The molecule has 13 heteroatoms. The maximum atomic E-state index is 13.8. The van der Waals surface area contributed by atoms with Crippen molar-refractivity contribution in [3.8, 4) is 0 Å². The number of hydrogen-bond donors (Lipinski definition) is 3. The van der Waals surface area contributed by atoms with Gasteiger partial charge in [0.1, 0.15) is 17.6 Å². The van der Waals surface area contributed by atoms with Crippen LogP contribution in [0.25, 0.3) is 0 Å². The minimum absolute atomic E-state index is 0.190. The Kier molecular flexibility index (Phi) is 7.85. The smallest absolute Gasteiger partial charge is 0.408 e. The van der Waals surface area contributed by atoms with Crippen LogP contribution in [0.4, 0.5) is 4.79 Å². The number of nitrogens with one attached hydrogen (secondary N) is 2. The number of ketones is 1. The van der Waals surface area contributed by atoms with E-state index < -0.39 is 68.2 Å². The van der Waals surface area contributed by atoms with E-state index in [0.29, 0.717) is 25.7 Å². The van der Waals surface area contributed by atoms with Crippen molar-refractivity contribution in [2.45, 2.75) is 107 Å². The molecule has 1 saturated heterocycles. The highest BCUT2D eigenvalue weighted by Gasteiger charge is 2.62. The van der Waals surface area contributed by atoms with Gasteiger partial charge in [-0.3, -0.25) is 28.8 Å². The number of carbonyl (C=O) groups excluding carboxylic acids is 4. The second kappa shape index (κ2) is 10.5. The maximum absolute atomic E-state index is 13.8. The second-order valence-corrected chi connectivity index (χ2v) is 14.0. The van der Waals surface area contributed by atoms with Gasteiger partial charge in [-0.2, -0.15) is 0 Å². The van der Waals surface area contributed by atoms with Crippen molar-refractivity contribution in [1.29, 1.82) is 0 Å². The summed E-state index contributed by atoms with van der Waals surface area (Å²) in [6, 6.07) is -2.33. The van der Waals surface area contributed by atoms with E-state index in [2.05, 4.69) is 10.0 Å². The van der Waals surface area contributed by atoms with E-state index in [1.54, 1.807) is 26.8 Å². The van der Waals surface area contributed by atoms with Crippen LogP contribution in [0, 0.1) is 5.92 Å². The molecular weight excluding hydrogens is 528 g/mol. The molecule has 0 bridgehead atoms. The lowest BCUT2D eigenvalue weighted by molar-refractivity contribution is -0.144. The Morgan fingerprint density at radius 2 is 1.82 bits per heavy atom. The van der Waals surface area contributed by atoms with Crippen LogP contribution in [0.2, 0.25) is 0 Å². The number of nitrogens with zero attached hydrogens (tertiary/aromatic N) is 2. The number of hydrogen-bond acceptors (Lipinski definition) is 7. The van der Waals surface area contributed by atoms with E-state index in [0.717, 1.165) is 22.6 Å². The van der Waals surface area contributed by atoms with E-state index in [9.17, 15) is 37.5 Å². The number of amides is 4. The van der Waals surface area contributed by atoms with Crippen molar-refractivity contribution in [1.82, 2.24) is 19.8 Å². The lowest BCUT2D eigenvalue weighted by Gasteiger charge is -2.41. The molecule has 0 spiro atoms. The highest BCUT2D eigenvalue weighted by molar-refractivity contribution is 7.91. The first-order valence-corrected chi connectivity index (χ1v) is 15.1. The zero-order chi connectivity index (χ0) is 28.8. The fourth-order valence-electron chi connectivity index (χ4n) is 5.60. The highest BCUT2D eigenvalue weighted by atomic mass is 32.2. The summed E-state index contributed by atoms with van der Waals surface area (Å²) in [6.07, 6.45) is 6.24. The van der Waals surface area contributed by atoms with Crippen LogP contribution in [0.3, 0.4) is 0 Å². The van der Waals surface area contributed by atoms with Crippen LogP contribution in [-0.4, -0.2) is 87.9 Å². The zero-order valence-electron chi connectivity index (χ0n) is 22.6. The van der Waals surface area contributed by atoms with Crippen molar-refractivity contribution in [3.63, 3.8) is 0 Å². The lowest BCUT2D eigenvalue weighted by atomic mass is 9.98. The van der Waals surface area contributed by atoms with E-state index in [1.165, 1.54) is 0 Å². The van der Waals surface area contributed by atoms with Gasteiger partial charge in [0, 0.05) is 17.9 Å². The molecule has 12 nitrogen and oxygen atoms in total. The molecule has 4 amide bonds. The molecule has 0 unspecified atom stereocenters. The number of fused-ring (bicyclic) bond motifs is 2. The monoisotopic (exact) mass is 566 g/mol. The van der Waals surface area contributed by atoms with Crippen molar-refractivity contribution in [2.24, 2.45) is 5.92 Å². The van der Waals surface area contributed by atoms with Gasteiger partial charge in [0.25, 0.3) is 5.91 Å². The first kappa shape index (κ1) is 29.0. The number of Topliss-reactive ketones (excluding diaryl/α,β-unsaturated/α-hetero) is 1. The van der Waals surface area contributed by atoms with Crippen LogP contribution in [0.1, 0.15) is 78.6 Å². The van der Waals surface area contributed by atoms with Crippen molar-refractivity contribution in [3.05, 3.63) is 12.2 Å². The number of rotatable bonds is 4. The van der Waals surface area contributed by atoms with Crippen LogP contribution in [0.15, 0.2) is 12.2 Å². The molecule has 39 heavy (non-hydrogen) atoms. The summed E-state index contributed by atoms with van der Waals surface area (Å²) in [7, 11) is -3.86. The molecule has 0 aromatic heterocycles. The van der Waals surface area contributed by atoms with Gasteiger partial charge in [0.2, 0.25) is 21.8 Å². The van der Waals surface area contributed by atoms with Gasteiger partial charge in [0.15, 0.2) is 5.78 Å². The third-order valence-electron chi connectivity index (χ3n) is 7.94. The Labute approximate surface area is 228 Å². The third-order valence-corrected chi connectivity index (χ3v) is 9.76. The molecule has 2 heterocycles. The van der Waals surface area contributed by atoms with Gasteiger partial charge in [0.05, 0.1) is 11.8 Å². The second-order valence-electron chi connectivity index (χ2n) is 12.1. The average molecular weight is 567 g/mol. The van der Waals surface area contributed by atoms with E-state index >= 15 is 0 Å². The molecule has 4 aliphatic rings. The van der Waals surface area contributed by atoms with Crippen molar-refractivity contribution in [2.75, 3.05) is 6.54 Å². The molecule has 0 aromatic carbocycles. The van der Waals surface area contributed by atoms with Gasteiger partial charge in [-0.25, -0.2) is 13.2 Å². The third kappa shape index (κ3) is 6.12. The summed E-state index contributed by atoms with van der Waals surface area (Å²) >= 11 is 0. The zero-order valence-corrected chi connectivity index (χ0v) is 23.5. The summed E-state index contributed by atoms with van der Waals surface area (Å²) in [6.45, 7) is 4.70. The first-order chi connectivity index (χ1) is 18.2. The Morgan fingerprint density at radius 1 is 1.13 bits per heavy atom. The van der Waals surface area contributed by atoms with Crippen molar-refractivity contribution >= 4 is 39.6 Å². The van der Waals surface area contributed by atoms with Gasteiger partial charge in [-0.05, 0) is 59.3 Å². The van der Waals surface area contributed by atoms with Gasteiger partial charge in [-0.1, -0.05) is 25.0 Å². The van der Waals surface area contributed by atoms with Gasteiger partial charge >= 0.3 is 6.09 Å². The molecular formula is C26H38N4O8S. The molecule has 2 aliphatic carbocycles. The van der Waals surface area contributed by atoms with Crippen LogP contribution < -0.4 is 10.0 Å². The quantitative estimate of drug-likeness (QED) is 0.428. The van der Waals surface area contributed by atoms with Crippen LogP contribution in [0.5, 0.6) is 0 Å². The Morgan fingerprint density at radius 3 is 2.44 bits per heavy atom. The number of allylic oxidation sites excluding steroid dienone is 1. The number of carbonyl (C=O) groups is 5. The standard InChI is InChI=1S/C26H38N4O8S/c1-25(2,3)30(24(35)36)19-10-8-6-4-5-7-9-16-14-26(16,23(34)28-39(37,38)18-11-12-18)27-21(32)20-13-17(31)15-29(20)22(19)33/h7,9,16,18-20H,4-6,8,10-15H2,1-3H3,(H,27,32)(H,28,34)(H,35,36)/t16-,19+,20+,26-/m1/s1. The number of sulfonamides is 1. The molecule has 3 fully saturated rings. The molecule has 216 valence electrons.